The fraction of sp³-hybridized carbons (Fsp3) is 0.429. The number of rotatable bonds is 6. The van der Waals surface area contributed by atoms with Crippen molar-refractivity contribution in [2.45, 2.75) is 52.5 Å². The minimum Gasteiger partial charge on any atom is -0.347 e. The predicted molar refractivity (Wildman–Crippen MR) is 108 cm³/mol. The Bertz CT molecular complexity index is 798. The number of amides is 1. The first-order valence-corrected chi connectivity index (χ1v) is 9.31. The largest absolute Gasteiger partial charge is 0.347 e. The van der Waals surface area contributed by atoms with E-state index in [1.165, 1.54) is 10.2 Å². The second-order valence-corrected chi connectivity index (χ2v) is 8.00. The molecule has 0 fully saturated rings. The van der Waals surface area contributed by atoms with Crippen molar-refractivity contribution < 1.29 is 4.79 Å². The summed E-state index contributed by atoms with van der Waals surface area (Å²) >= 11 is 6.40. The first-order valence-electron chi connectivity index (χ1n) is 8.93. The van der Waals surface area contributed by atoms with Crippen LogP contribution < -0.4 is 5.32 Å². The molecule has 1 heterocycles. The van der Waals surface area contributed by atoms with Gasteiger partial charge in [-0.2, -0.15) is 5.10 Å². The van der Waals surface area contributed by atoms with E-state index in [1.807, 2.05) is 12.1 Å². The van der Waals surface area contributed by atoms with Gasteiger partial charge in [0.2, 0.25) is 0 Å². The molecule has 2 rings (SSSR count). The normalized spacial score (nSPS) is 11.5. The summed E-state index contributed by atoms with van der Waals surface area (Å²) in [6.45, 7) is 13.1. The van der Waals surface area contributed by atoms with E-state index in [2.05, 4.69) is 56.8 Å². The average molecular weight is 374 g/mol. The number of halogens is 1. The van der Waals surface area contributed by atoms with Crippen LogP contribution in [0.15, 0.2) is 30.8 Å². The highest BCUT2D eigenvalue weighted by Gasteiger charge is 2.22. The number of allylic oxidation sites excluding steroid dienone is 1. The number of benzene rings is 1. The monoisotopic (exact) mass is 373 g/mol. The summed E-state index contributed by atoms with van der Waals surface area (Å²) < 4.78 is 1.52. The molecule has 2 aromatic rings. The van der Waals surface area contributed by atoms with Crippen LogP contribution in [0.4, 0.5) is 0 Å². The van der Waals surface area contributed by atoms with Crippen LogP contribution in [-0.2, 0) is 19.0 Å². The van der Waals surface area contributed by atoms with Gasteiger partial charge in [0.15, 0.2) is 0 Å². The summed E-state index contributed by atoms with van der Waals surface area (Å²) in [6.07, 6.45) is 1.76. The van der Waals surface area contributed by atoms with Gasteiger partial charge < -0.3 is 5.32 Å². The van der Waals surface area contributed by atoms with Crippen LogP contribution in [0, 0.1) is 0 Å². The number of aromatic nitrogens is 2. The van der Waals surface area contributed by atoms with Gasteiger partial charge in [-0.05, 0) is 28.5 Å². The molecule has 140 valence electrons. The Labute approximate surface area is 161 Å². The van der Waals surface area contributed by atoms with Gasteiger partial charge in [-0.15, -0.1) is 0 Å². The molecule has 0 unspecified atom stereocenters. The smallest absolute Gasteiger partial charge is 0.271 e. The van der Waals surface area contributed by atoms with Gasteiger partial charge >= 0.3 is 0 Å². The summed E-state index contributed by atoms with van der Waals surface area (Å²) in [5.74, 6) is -0.236. The van der Waals surface area contributed by atoms with Gasteiger partial charge in [-0.25, -0.2) is 0 Å². The summed E-state index contributed by atoms with van der Waals surface area (Å²) in [5.41, 5.74) is 4.24. The molecule has 0 saturated heterocycles. The molecule has 1 aromatic heterocycles. The highest BCUT2D eigenvalue weighted by atomic mass is 35.5. The maximum Gasteiger partial charge on any atom is 0.271 e. The zero-order chi connectivity index (χ0) is 19.5. The number of hydrogen-bond acceptors (Lipinski definition) is 2. The number of carbonyl (C=O) groups excluding carboxylic acids is 1. The van der Waals surface area contributed by atoms with Gasteiger partial charge in [0.1, 0.15) is 11.4 Å². The van der Waals surface area contributed by atoms with Crippen LogP contribution in [0.1, 0.15) is 67.8 Å². The maximum absolute atomic E-state index is 12.6. The molecule has 0 radical (unpaired) electrons. The lowest BCUT2D eigenvalue weighted by Crippen LogP contribution is -2.25. The van der Waals surface area contributed by atoms with Gasteiger partial charge in [-0.3, -0.25) is 9.48 Å². The minimum absolute atomic E-state index is 0.112. The van der Waals surface area contributed by atoms with Crippen LogP contribution in [0.5, 0.6) is 0 Å². The lowest BCUT2D eigenvalue weighted by Gasteiger charge is -2.19. The predicted octanol–water partition coefficient (Wildman–Crippen LogP) is 5.11. The molecule has 0 saturated carbocycles. The molecule has 0 aliphatic carbocycles. The summed E-state index contributed by atoms with van der Waals surface area (Å²) in [7, 11) is 1.72. The number of aryl methyl sites for hydroxylation is 1. The van der Waals surface area contributed by atoms with E-state index in [9.17, 15) is 4.79 Å². The zero-order valence-corrected chi connectivity index (χ0v) is 17.1. The Kier molecular flexibility index (Phi) is 6.30. The van der Waals surface area contributed by atoms with E-state index < -0.39 is 0 Å². The van der Waals surface area contributed by atoms with Gasteiger partial charge in [0.05, 0.1) is 5.02 Å². The highest BCUT2D eigenvalue weighted by molar-refractivity contribution is 6.35. The van der Waals surface area contributed by atoms with E-state index in [0.717, 1.165) is 24.0 Å². The number of hydrogen-bond donors (Lipinski definition) is 1. The number of nitrogens with one attached hydrogen (secondary N) is 1. The SMILES string of the molecule is C=C(CCC)c1nn(C)c(C(=O)NCc2ccc(C(C)(C)C)cc2)c1Cl. The molecule has 0 spiro atoms. The Morgan fingerprint density at radius 1 is 1.27 bits per heavy atom. The van der Waals surface area contributed by atoms with Gasteiger partial charge in [0.25, 0.3) is 5.91 Å². The Morgan fingerprint density at radius 2 is 1.88 bits per heavy atom. The maximum atomic E-state index is 12.6. The van der Waals surface area contributed by atoms with E-state index >= 15 is 0 Å². The van der Waals surface area contributed by atoms with Crippen molar-refractivity contribution in [3.63, 3.8) is 0 Å². The van der Waals surface area contributed by atoms with Crippen molar-refractivity contribution >= 4 is 23.1 Å². The lowest BCUT2D eigenvalue weighted by molar-refractivity contribution is 0.0941. The second-order valence-electron chi connectivity index (χ2n) is 7.62. The highest BCUT2D eigenvalue weighted by Crippen LogP contribution is 2.28. The van der Waals surface area contributed by atoms with Crippen molar-refractivity contribution in [3.8, 4) is 0 Å². The molecule has 1 N–H and O–H groups in total. The van der Waals surface area contributed by atoms with Crippen LogP contribution in [-0.4, -0.2) is 15.7 Å². The number of carbonyl (C=O) groups is 1. The van der Waals surface area contributed by atoms with Crippen molar-refractivity contribution in [2.75, 3.05) is 0 Å². The molecule has 0 aliphatic heterocycles. The molecule has 1 aromatic carbocycles. The first-order chi connectivity index (χ1) is 12.1. The Hall–Kier alpha value is -2.07. The summed E-state index contributed by atoms with van der Waals surface area (Å²) in [5, 5.41) is 7.66. The molecule has 1 amide bonds. The Morgan fingerprint density at radius 3 is 2.42 bits per heavy atom. The average Bonchev–Trinajstić information content (AvgIpc) is 2.87. The van der Waals surface area contributed by atoms with Crippen molar-refractivity contribution in [1.82, 2.24) is 15.1 Å². The molecule has 5 heteroatoms. The second kappa shape index (κ2) is 8.09. The molecule has 0 bridgehead atoms. The minimum atomic E-state index is -0.236. The lowest BCUT2D eigenvalue weighted by atomic mass is 9.87. The molecule has 4 nitrogen and oxygen atoms in total. The summed E-state index contributed by atoms with van der Waals surface area (Å²) in [6, 6.07) is 8.29. The number of nitrogens with zero attached hydrogens (tertiary/aromatic N) is 2. The summed E-state index contributed by atoms with van der Waals surface area (Å²) in [4.78, 5) is 12.6. The molecule has 26 heavy (non-hydrogen) atoms. The van der Waals surface area contributed by atoms with Crippen LogP contribution >= 0.6 is 11.6 Å². The molecule has 0 atom stereocenters. The third kappa shape index (κ3) is 4.55. The molecular formula is C21H28ClN3O. The topological polar surface area (TPSA) is 46.9 Å². The van der Waals surface area contributed by atoms with Gasteiger partial charge in [0, 0.05) is 13.6 Å². The van der Waals surface area contributed by atoms with Crippen LogP contribution in [0.3, 0.4) is 0 Å². The van der Waals surface area contributed by atoms with E-state index in [-0.39, 0.29) is 11.3 Å². The first kappa shape index (κ1) is 20.2. The van der Waals surface area contributed by atoms with E-state index in [1.54, 1.807) is 7.05 Å². The van der Waals surface area contributed by atoms with Gasteiger partial charge in [-0.1, -0.05) is 76.6 Å². The van der Waals surface area contributed by atoms with E-state index in [0.29, 0.717) is 23.0 Å². The van der Waals surface area contributed by atoms with Crippen molar-refractivity contribution in [1.29, 1.82) is 0 Å². The molecular weight excluding hydrogens is 346 g/mol. The van der Waals surface area contributed by atoms with Crippen LogP contribution in [0.2, 0.25) is 5.02 Å². The molecule has 0 aliphatic rings. The van der Waals surface area contributed by atoms with Crippen molar-refractivity contribution in [2.24, 2.45) is 7.05 Å². The van der Waals surface area contributed by atoms with E-state index in [4.69, 9.17) is 11.6 Å². The third-order valence-corrected chi connectivity index (χ3v) is 4.72. The quantitative estimate of drug-likeness (QED) is 0.764. The standard InChI is InChI=1S/C21H28ClN3O/c1-7-8-14(2)18-17(22)19(25(6)24-18)20(26)23-13-15-9-11-16(12-10-15)21(3,4)5/h9-12H,2,7-8,13H2,1,3-6H3,(H,23,26). The Balaban J connectivity index is 2.10. The van der Waals surface area contributed by atoms with Crippen molar-refractivity contribution in [3.05, 3.63) is 58.4 Å². The fourth-order valence-corrected chi connectivity index (χ4v) is 3.16. The zero-order valence-electron chi connectivity index (χ0n) is 16.3. The fourth-order valence-electron chi connectivity index (χ4n) is 2.78. The third-order valence-electron chi connectivity index (χ3n) is 4.36. The van der Waals surface area contributed by atoms with Crippen LogP contribution in [0.25, 0.3) is 5.57 Å².